The van der Waals surface area contributed by atoms with Crippen LogP contribution in [0, 0.1) is 11.3 Å². The van der Waals surface area contributed by atoms with Crippen molar-refractivity contribution in [1.82, 2.24) is 19.7 Å². The van der Waals surface area contributed by atoms with E-state index in [1.807, 2.05) is 24.6 Å². The van der Waals surface area contributed by atoms with Gasteiger partial charge in [0, 0.05) is 14.1 Å². The molecule has 8 heteroatoms. The molecule has 0 unspecified atom stereocenters. The molecule has 3 rings (SSSR count). The molecule has 26 heavy (non-hydrogen) atoms. The Hall–Kier alpha value is -2.27. The van der Waals surface area contributed by atoms with Crippen molar-refractivity contribution in [3.8, 4) is 17.7 Å². The maximum atomic E-state index is 12.9. The number of furan rings is 1. The summed E-state index contributed by atoms with van der Waals surface area (Å²) in [6.07, 6.45) is 6.18. The Kier molecular flexibility index (Phi) is 5.37. The van der Waals surface area contributed by atoms with E-state index in [1.165, 1.54) is 11.8 Å². The SMILES string of the molecule is C[C@H](Sc1nnc(-c2ccco2)n1C)C(=O)N(C)C1(C#N)CCCCC1. The van der Waals surface area contributed by atoms with E-state index < -0.39 is 5.54 Å². The Morgan fingerprint density at radius 1 is 1.42 bits per heavy atom. The molecule has 1 amide bonds. The van der Waals surface area contributed by atoms with Crippen LogP contribution in [0.1, 0.15) is 39.0 Å². The van der Waals surface area contributed by atoms with Crippen LogP contribution in [0.2, 0.25) is 0 Å². The lowest BCUT2D eigenvalue weighted by atomic mass is 9.81. The topological polar surface area (TPSA) is 87.9 Å². The van der Waals surface area contributed by atoms with Gasteiger partial charge in [0.15, 0.2) is 16.7 Å². The van der Waals surface area contributed by atoms with Crippen molar-refractivity contribution >= 4 is 17.7 Å². The van der Waals surface area contributed by atoms with Gasteiger partial charge in [-0.15, -0.1) is 10.2 Å². The summed E-state index contributed by atoms with van der Waals surface area (Å²) in [7, 11) is 3.60. The van der Waals surface area contributed by atoms with Crippen molar-refractivity contribution in [2.24, 2.45) is 7.05 Å². The second kappa shape index (κ2) is 7.54. The Bertz CT molecular complexity index is 802. The van der Waals surface area contributed by atoms with Crippen LogP contribution < -0.4 is 0 Å². The molecular formula is C18H23N5O2S. The molecule has 7 nitrogen and oxygen atoms in total. The zero-order valence-electron chi connectivity index (χ0n) is 15.3. The van der Waals surface area contributed by atoms with Gasteiger partial charge in [0.05, 0.1) is 17.6 Å². The molecule has 0 radical (unpaired) electrons. The molecule has 0 bridgehead atoms. The van der Waals surface area contributed by atoms with Gasteiger partial charge in [-0.25, -0.2) is 0 Å². The van der Waals surface area contributed by atoms with Gasteiger partial charge in [0.2, 0.25) is 5.91 Å². The standard InChI is InChI=1S/C18H23N5O2S/c1-13(16(24)23(3)18(12-19)9-5-4-6-10-18)26-17-21-20-15(22(17)2)14-8-7-11-25-14/h7-8,11,13H,4-6,9-10H2,1-3H3/t13-/m0/s1. The first-order chi connectivity index (χ1) is 12.5. The van der Waals surface area contributed by atoms with E-state index in [1.54, 1.807) is 24.3 Å². The molecule has 1 fully saturated rings. The van der Waals surface area contributed by atoms with Gasteiger partial charge in [-0.3, -0.25) is 4.79 Å². The minimum absolute atomic E-state index is 0.0546. The van der Waals surface area contributed by atoms with Crippen molar-refractivity contribution in [2.45, 2.75) is 55.0 Å². The predicted octanol–water partition coefficient (Wildman–Crippen LogP) is 3.24. The highest BCUT2D eigenvalue weighted by Gasteiger charge is 2.40. The smallest absolute Gasteiger partial charge is 0.236 e. The molecule has 1 aliphatic carbocycles. The zero-order valence-corrected chi connectivity index (χ0v) is 16.1. The van der Waals surface area contributed by atoms with Crippen LogP contribution >= 0.6 is 11.8 Å². The fourth-order valence-electron chi connectivity index (χ4n) is 3.39. The number of rotatable bonds is 5. The first-order valence-electron chi connectivity index (χ1n) is 8.77. The molecule has 1 aliphatic rings. The summed E-state index contributed by atoms with van der Waals surface area (Å²) in [4.78, 5) is 14.6. The van der Waals surface area contributed by atoms with Gasteiger partial charge in [0.1, 0.15) is 5.54 Å². The van der Waals surface area contributed by atoms with Crippen molar-refractivity contribution in [3.63, 3.8) is 0 Å². The molecule has 0 saturated heterocycles. The largest absolute Gasteiger partial charge is 0.461 e. The lowest BCUT2D eigenvalue weighted by Gasteiger charge is -2.40. The van der Waals surface area contributed by atoms with Crippen molar-refractivity contribution in [2.75, 3.05) is 7.05 Å². The number of carbonyl (C=O) groups is 1. The van der Waals surface area contributed by atoms with E-state index in [0.717, 1.165) is 32.1 Å². The molecular weight excluding hydrogens is 350 g/mol. The second-order valence-corrected chi connectivity index (χ2v) is 8.01. The molecule has 0 spiro atoms. The number of nitrogens with zero attached hydrogens (tertiary/aromatic N) is 5. The van der Waals surface area contributed by atoms with Gasteiger partial charge in [-0.1, -0.05) is 31.0 Å². The molecule has 0 aliphatic heterocycles. The van der Waals surface area contributed by atoms with Crippen molar-refractivity contribution in [1.29, 1.82) is 5.26 Å². The monoisotopic (exact) mass is 373 g/mol. The van der Waals surface area contributed by atoms with Crippen LogP contribution in [-0.2, 0) is 11.8 Å². The summed E-state index contributed by atoms with van der Waals surface area (Å²) in [6.45, 7) is 1.85. The average Bonchev–Trinajstić information content (AvgIpc) is 3.31. The van der Waals surface area contributed by atoms with Gasteiger partial charge in [-0.05, 0) is 31.9 Å². The van der Waals surface area contributed by atoms with E-state index in [2.05, 4.69) is 16.3 Å². The van der Waals surface area contributed by atoms with Crippen LogP contribution in [0.15, 0.2) is 28.0 Å². The second-order valence-electron chi connectivity index (χ2n) is 6.70. The minimum atomic E-state index is -0.677. The zero-order chi connectivity index (χ0) is 18.7. The predicted molar refractivity (Wildman–Crippen MR) is 98.2 cm³/mol. The number of thioether (sulfide) groups is 1. The molecule has 2 aromatic heterocycles. The number of amides is 1. The third-order valence-corrected chi connectivity index (χ3v) is 6.19. The van der Waals surface area contributed by atoms with Gasteiger partial charge < -0.3 is 13.9 Å². The Labute approximate surface area is 157 Å². The molecule has 0 N–H and O–H groups in total. The van der Waals surface area contributed by atoms with Gasteiger partial charge in [0.25, 0.3) is 0 Å². The number of carbonyl (C=O) groups excluding carboxylic acids is 1. The van der Waals surface area contributed by atoms with Crippen LogP contribution in [0.4, 0.5) is 0 Å². The lowest BCUT2D eigenvalue weighted by molar-refractivity contribution is -0.133. The van der Waals surface area contributed by atoms with E-state index in [4.69, 9.17) is 4.42 Å². The summed E-state index contributed by atoms with van der Waals surface area (Å²) in [5.41, 5.74) is -0.677. The van der Waals surface area contributed by atoms with Gasteiger partial charge >= 0.3 is 0 Å². The van der Waals surface area contributed by atoms with E-state index in [9.17, 15) is 10.1 Å². The highest BCUT2D eigenvalue weighted by Crippen LogP contribution is 2.34. The minimum Gasteiger partial charge on any atom is -0.461 e. The summed E-state index contributed by atoms with van der Waals surface area (Å²) < 4.78 is 7.18. The lowest BCUT2D eigenvalue weighted by Crippen LogP contribution is -2.52. The van der Waals surface area contributed by atoms with Crippen LogP contribution in [0.3, 0.4) is 0 Å². The normalized spacial score (nSPS) is 17.5. The summed E-state index contributed by atoms with van der Waals surface area (Å²) >= 11 is 1.34. The Morgan fingerprint density at radius 2 is 2.15 bits per heavy atom. The van der Waals surface area contributed by atoms with E-state index in [-0.39, 0.29) is 11.2 Å². The average molecular weight is 373 g/mol. The quantitative estimate of drug-likeness (QED) is 0.748. The molecule has 138 valence electrons. The fourth-order valence-corrected chi connectivity index (χ4v) is 4.30. The van der Waals surface area contributed by atoms with Crippen LogP contribution in [-0.4, -0.2) is 43.4 Å². The molecule has 1 atom stereocenters. The third kappa shape index (κ3) is 3.36. The number of hydrogen-bond donors (Lipinski definition) is 0. The van der Waals surface area contributed by atoms with Crippen LogP contribution in [0.25, 0.3) is 11.6 Å². The first kappa shape index (κ1) is 18.5. The fraction of sp³-hybridized carbons (Fsp3) is 0.556. The maximum absolute atomic E-state index is 12.9. The number of nitriles is 1. The molecule has 2 aromatic rings. The molecule has 2 heterocycles. The Balaban J connectivity index is 1.73. The van der Waals surface area contributed by atoms with Gasteiger partial charge in [-0.2, -0.15) is 5.26 Å². The Morgan fingerprint density at radius 3 is 2.77 bits per heavy atom. The molecule has 0 aromatic carbocycles. The summed E-state index contributed by atoms with van der Waals surface area (Å²) in [5, 5.41) is 18.3. The number of hydrogen-bond acceptors (Lipinski definition) is 6. The van der Waals surface area contributed by atoms with E-state index in [0.29, 0.717) is 16.7 Å². The summed E-state index contributed by atoms with van der Waals surface area (Å²) in [5.74, 6) is 1.20. The van der Waals surface area contributed by atoms with Crippen LogP contribution in [0.5, 0.6) is 0 Å². The highest BCUT2D eigenvalue weighted by atomic mass is 32.2. The third-order valence-electron chi connectivity index (χ3n) is 5.07. The highest BCUT2D eigenvalue weighted by molar-refractivity contribution is 8.00. The van der Waals surface area contributed by atoms with Crippen molar-refractivity contribution < 1.29 is 9.21 Å². The summed E-state index contributed by atoms with van der Waals surface area (Å²) in [6, 6.07) is 6.02. The number of aromatic nitrogens is 3. The van der Waals surface area contributed by atoms with E-state index >= 15 is 0 Å². The molecule has 1 saturated carbocycles. The first-order valence-corrected chi connectivity index (χ1v) is 9.65. The van der Waals surface area contributed by atoms with Crippen molar-refractivity contribution in [3.05, 3.63) is 18.4 Å². The maximum Gasteiger partial charge on any atom is 0.236 e.